The summed E-state index contributed by atoms with van der Waals surface area (Å²) in [4.78, 5) is 13.6. The normalized spacial score (nSPS) is 10.8. The molecule has 1 aromatic heterocycles. The number of rotatable bonds is 2. The quantitative estimate of drug-likeness (QED) is 0.471. The number of benzene rings is 3. The van der Waals surface area contributed by atoms with Crippen molar-refractivity contribution in [3.8, 4) is 21.6 Å². The first-order valence-electron chi connectivity index (χ1n) is 7.51. The van der Waals surface area contributed by atoms with E-state index in [1.165, 1.54) is 11.3 Å². The van der Waals surface area contributed by atoms with Gasteiger partial charge in [-0.05, 0) is 22.6 Å². The third-order valence-electron chi connectivity index (χ3n) is 3.94. The Labute approximate surface area is 138 Å². The molecular weight excluding hydrogens is 300 g/mol. The second-order valence-corrected chi connectivity index (χ2v) is 6.35. The standard InChI is InChI=1S/C21H14OS/c22-21-18-14-8-7-13-17(18)19(15-9-3-1-4-10-15)20(23-21)16-11-5-2-6-12-16/h1-14H. The summed E-state index contributed by atoms with van der Waals surface area (Å²) < 4.78 is 0.110. The van der Waals surface area contributed by atoms with Gasteiger partial charge in [0.15, 0.2) is 0 Å². The lowest BCUT2D eigenvalue weighted by molar-refractivity contribution is 1.64. The van der Waals surface area contributed by atoms with Crippen LogP contribution in [0.4, 0.5) is 0 Å². The van der Waals surface area contributed by atoms with Gasteiger partial charge < -0.3 is 0 Å². The van der Waals surface area contributed by atoms with Crippen LogP contribution in [0.5, 0.6) is 0 Å². The molecule has 4 rings (SSSR count). The van der Waals surface area contributed by atoms with Crippen LogP contribution in [0.3, 0.4) is 0 Å². The van der Waals surface area contributed by atoms with Gasteiger partial charge in [-0.2, -0.15) is 0 Å². The van der Waals surface area contributed by atoms with E-state index < -0.39 is 0 Å². The molecule has 0 saturated heterocycles. The van der Waals surface area contributed by atoms with Gasteiger partial charge in [0.1, 0.15) is 0 Å². The number of hydrogen-bond acceptors (Lipinski definition) is 2. The van der Waals surface area contributed by atoms with Gasteiger partial charge in [0.05, 0.1) is 0 Å². The Hall–Kier alpha value is -2.71. The van der Waals surface area contributed by atoms with Crippen LogP contribution in [-0.2, 0) is 0 Å². The topological polar surface area (TPSA) is 17.1 Å². The Morgan fingerprint density at radius 1 is 0.565 bits per heavy atom. The highest BCUT2D eigenvalue weighted by molar-refractivity contribution is 7.14. The van der Waals surface area contributed by atoms with Crippen LogP contribution in [0.25, 0.3) is 32.3 Å². The van der Waals surface area contributed by atoms with Gasteiger partial charge in [-0.1, -0.05) is 90.2 Å². The van der Waals surface area contributed by atoms with Crippen LogP contribution in [-0.4, -0.2) is 0 Å². The lowest BCUT2D eigenvalue weighted by Gasteiger charge is -2.12. The van der Waals surface area contributed by atoms with Crippen molar-refractivity contribution >= 4 is 22.1 Å². The van der Waals surface area contributed by atoms with Gasteiger partial charge in [0.25, 0.3) is 0 Å². The van der Waals surface area contributed by atoms with Gasteiger partial charge in [-0.3, -0.25) is 4.79 Å². The Kier molecular flexibility index (Phi) is 3.52. The molecular formula is C21H14OS. The van der Waals surface area contributed by atoms with Gasteiger partial charge in [-0.25, -0.2) is 0 Å². The highest BCUT2D eigenvalue weighted by atomic mass is 32.1. The first-order chi connectivity index (χ1) is 11.3. The summed E-state index contributed by atoms with van der Waals surface area (Å²) in [5.74, 6) is 0. The molecule has 0 bridgehead atoms. The molecule has 0 N–H and O–H groups in total. The van der Waals surface area contributed by atoms with Crippen LogP contribution >= 0.6 is 11.3 Å². The maximum absolute atomic E-state index is 12.6. The Bertz CT molecular complexity index is 1020. The molecule has 23 heavy (non-hydrogen) atoms. The molecule has 0 spiro atoms. The summed E-state index contributed by atoms with van der Waals surface area (Å²) in [5, 5.41) is 1.80. The van der Waals surface area contributed by atoms with Gasteiger partial charge >= 0.3 is 0 Å². The van der Waals surface area contributed by atoms with E-state index >= 15 is 0 Å². The lowest BCUT2D eigenvalue weighted by Crippen LogP contribution is -1.98. The molecule has 0 radical (unpaired) electrons. The fourth-order valence-electron chi connectivity index (χ4n) is 2.88. The van der Waals surface area contributed by atoms with Crippen molar-refractivity contribution in [3.05, 3.63) is 94.5 Å². The van der Waals surface area contributed by atoms with Gasteiger partial charge in [-0.15, -0.1) is 0 Å². The van der Waals surface area contributed by atoms with Crippen molar-refractivity contribution in [3.63, 3.8) is 0 Å². The summed E-state index contributed by atoms with van der Waals surface area (Å²) >= 11 is 1.33. The zero-order chi connectivity index (χ0) is 15.6. The smallest absolute Gasteiger partial charge is 0.240 e. The molecule has 0 fully saturated rings. The molecule has 1 nitrogen and oxygen atoms in total. The van der Waals surface area contributed by atoms with Crippen molar-refractivity contribution in [2.75, 3.05) is 0 Å². The van der Waals surface area contributed by atoms with Crippen LogP contribution in [0.1, 0.15) is 0 Å². The van der Waals surface area contributed by atoms with E-state index in [4.69, 9.17) is 0 Å². The maximum Gasteiger partial charge on any atom is 0.240 e. The molecule has 0 aliphatic carbocycles. The lowest BCUT2D eigenvalue weighted by atomic mass is 9.97. The summed E-state index contributed by atoms with van der Waals surface area (Å²) in [6.45, 7) is 0. The Morgan fingerprint density at radius 3 is 1.74 bits per heavy atom. The van der Waals surface area contributed by atoms with Crippen molar-refractivity contribution < 1.29 is 0 Å². The highest BCUT2D eigenvalue weighted by Gasteiger charge is 2.14. The molecule has 0 unspecified atom stereocenters. The maximum atomic E-state index is 12.6. The average molecular weight is 314 g/mol. The molecule has 0 aliphatic heterocycles. The molecule has 0 saturated carbocycles. The molecule has 110 valence electrons. The SMILES string of the molecule is O=c1sc(-c2ccccc2)c(-c2ccccc2)c2ccccc12. The van der Waals surface area contributed by atoms with E-state index in [1.54, 1.807) is 0 Å². The summed E-state index contributed by atoms with van der Waals surface area (Å²) in [6.07, 6.45) is 0. The van der Waals surface area contributed by atoms with Gasteiger partial charge in [0, 0.05) is 15.8 Å². The third-order valence-corrected chi connectivity index (χ3v) is 4.99. The van der Waals surface area contributed by atoms with Crippen molar-refractivity contribution in [2.45, 2.75) is 0 Å². The minimum atomic E-state index is 0.110. The summed E-state index contributed by atoms with van der Waals surface area (Å²) in [7, 11) is 0. The molecule has 0 amide bonds. The van der Waals surface area contributed by atoms with Crippen LogP contribution in [0.15, 0.2) is 89.7 Å². The van der Waals surface area contributed by atoms with Crippen LogP contribution in [0, 0.1) is 0 Å². The molecule has 2 heteroatoms. The summed E-state index contributed by atoms with van der Waals surface area (Å²) in [6, 6.07) is 28.3. The molecule has 3 aromatic carbocycles. The van der Waals surface area contributed by atoms with E-state index in [2.05, 4.69) is 24.3 Å². The van der Waals surface area contributed by atoms with E-state index in [1.807, 2.05) is 60.7 Å². The van der Waals surface area contributed by atoms with Crippen LogP contribution < -0.4 is 4.74 Å². The van der Waals surface area contributed by atoms with Crippen LogP contribution in [0.2, 0.25) is 0 Å². The second-order valence-electron chi connectivity index (χ2n) is 5.37. The molecule has 4 aromatic rings. The van der Waals surface area contributed by atoms with E-state index in [-0.39, 0.29) is 4.74 Å². The van der Waals surface area contributed by atoms with Crippen molar-refractivity contribution in [1.29, 1.82) is 0 Å². The van der Waals surface area contributed by atoms with Crippen molar-refractivity contribution in [1.82, 2.24) is 0 Å². The second kappa shape index (κ2) is 5.82. The minimum Gasteiger partial charge on any atom is -0.277 e. The third kappa shape index (κ3) is 2.47. The van der Waals surface area contributed by atoms with Crippen molar-refractivity contribution in [2.24, 2.45) is 0 Å². The average Bonchev–Trinajstić information content (AvgIpc) is 2.63. The zero-order valence-electron chi connectivity index (χ0n) is 12.4. The Morgan fingerprint density at radius 2 is 1.09 bits per heavy atom. The molecule has 0 aliphatic rings. The minimum absolute atomic E-state index is 0.110. The number of fused-ring (bicyclic) bond motifs is 1. The Balaban J connectivity index is 2.16. The van der Waals surface area contributed by atoms with Gasteiger partial charge in [0.2, 0.25) is 4.74 Å². The fraction of sp³-hybridized carbons (Fsp3) is 0. The molecule has 1 heterocycles. The first-order valence-corrected chi connectivity index (χ1v) is 8.33. The predicted molar refractivity (Wildman–Crippen MR) is 99.0 cm³/mol. The fourth-order valence-corrected chi connectivity index (χ4v) is 3.94. The number of hydrogen-bond donors (Lipinski definition) is 0. The molecule has 0 atom stereocenters. The monoisotopic (exact) mass is 314 g/mol. The largest absolute Gasteiger partial charge is 0.277 e. The van der Waals surface area contributed by atoms with E-state index in [9.17, 15) is 4.79 Å². The predicted octanol–water partition coefficient (Wildman–Crippen LogP) is 5.60. The van der Waals surface area contributed by atoms with E-state index in [0.29, 0.717) is 0 Å². The van der Waals surface area contributed by atoms with E-state index in [0.717, 1.165) is 32.3 Å². The highest BCUT2D eigenvalue weighted by Crippen LogP contribution is 2.38. The summed E-state index contributed by atoms with van der Waals surface area (Å²) in [5.41, 5.74) is 3.36. The first kappa shape index (κ1) is 13.9. The zero-order valence-corrected chi connectivity index (χ0v) is 13.2.